The molecule has 2 aromatic rings. The molecule has 0 bridgehead atoms. The Morgan fingerprint density at radius 2 is 1.95 bits per heavy atom. The lowest BCUT2D eigenvalue weighted by molar-refractivity contribution is -0.146. The molecule has 15 heteroatoms. The maximum Gasteiger partial charge on any atom is 0.459 e. The van der Waals surface area contributed by atoms with Crippen LogP contribution >= 0.6 is 7.75 Å². The van der Waals surface area contributed by atoms with E-state index in [2.05, 4.69) is 5.09 Å². The zero-order valence-electron chi connectivity index (χ0n) is 22.4. The number of hydrogen-bond acceptors (Lipinski definition) is 10. The van der Waals surface area contributed by atoms with Crippen molar-refractivity contribution >= 4 is 13.7 Å². The van der Waals surface area contributed by atoms with Crippen LogP contribution in [0.2, 0.25) is 0 Å². The Bertz CT molecular complexity index is 1290. The summed E-state index contributed by atoms with van der Waals surface area (Å²) in [5.41, 5.74) is -2.20. The number of hydrogen-bond donors (Lipinski definition) is 4. The van der Waals surface area contributed by atoms with E-state index in [9.17, 15) is 33.6 Å². The molecule has 0 radical (unpaired) electrons. The van der Waals surface area contributed by atoms with Crippen LogP contribution in [0, 0.1) is 11.7 Å². The Labute approximate surface area is 229 Å². The van der Waals surface area contributed by atoms with E-state index in [-0.39, 0.29) is 24.7 Å². The van der Waals surface area contributed by atoms with Gasteiger partial charge in [0, 0.05) is 6.42 Å². The molecule has 1 aromatic heterocycles. The fraction of sp³-hybridized carbons (Fsp3) is 0.560. The zero-order valence-corrected chi connectivity index (χ0v) is 23.3. The summed E-state index contributed by atoms with van der Waals surface area (Å²) in [6, 6.07) is 6.77. The van der Waals surface area contributed by atoms with E-state index in [1.807, 2.05) is 13.8 Å². The summed E-state index contributed by atoms with van der Waals surface area (Å²) < 4.78 is 50.7. The molecule has 0 aliphatic carbocycles. The zero-order chi connectivity index (χ0) is 29.4. The van der Waals surface area contributed by atoms with E-state index >= 15 is 0 Å². The van der Waals surface area contributed by atoms with Gasteiger partial charge in [-0.25, -0.2) is 9.36 Å². The van der Waals surface area contributed by atoms with E-state index in [0.29, 0.717) is 6.20 Å². The number of aromatic amines is 1. The van der Waals surface area contributed by atoms with Crippen LogP contribution in [-0.4, -0.2) is 63.3 Å². The van der Waals surface area contributed by atoms with Crippen molar-refractivity contribution in [3.63, 3.8) is 0 Å². The van der Waals surface area contributed by atoms with Crippen LogP contribution in [0.1, 0.15) is 46.3 Å². The Morgan fingerprint density at radius 3 is 2.58 bits per heavy atom. The highest BCUT2D eigenvalue weighted by Crippen LogP contribution is 2.47. The van der Waals surface area contributed by atoms with Crippen molar-refractivity contribution in [1.29, 1.82) is 0 Å². The summed E-state index contributed by atoms with van der Waals surface area (Å²) in [6.07, 6.45) is -3.44. The van der Waals surface area contributed by atoms with Gasteiger partial charge in [0.15, 0.2) is 0 Å². The molecule has 1 saturated heterocycles. The van der Waals surface area contributed by atoms with Crippen molar-refractivity contribution in [3.8, 4) is 5.75 Å². The fourth-order valence-electron chi connectivity index (χ4n) is 4.07. The van der Waals surface area contributed by atoms with E-state index in [1.165, 1.54) is 19.1 Å². The second-order valence-corrected chi connectivity index (χ2v) is 11.0. The summed E-state index contributed by atoms with van der Waals surface area (Å²) in [5, 5.41) is 23.2. The van der Waals surface area contributed by atoms with Crippen LogP contribution < -0.4 is 20.9 Å². The molecule has 0 saturated carbocycles. The topological polar surface area (TPSA) is 178 Å². The number of carbonyl (C=O) groups excluding carboxylic acids is 1. The number of nitrogens with zero attached hydrogens (tertiary/aromatic N) is 1. The maximum absolute atomic E-state index is 13.9. The third-order valence-corrected chi connectivity index (χ3v) is 8.18. The smallest absolute Gasteiger partial charge is 0.459 e. The summed E-state index contributed by atoms with van der Waals surface area (Å²) in [7, 11) is -4.46. The van der Waals surface area contributed by atoms with Gasteiger partial charge in [-0.3, -0.25) is 23.7 Å². The van der Waals surface area contributed by atoms with Crippen LogP contribution in [0.5, 0.6) is 5.75 Å². The van der Waals surface area contributed by atoms with Crippen molar-refractivity contribution in [2.45, 2.75) is 70.6 Å². The first kappa shape index (κ1) is 31.7. The van der Waals surface area contributed by atoms with Crippen LogP contribution in [0.4, 0.5) is 4.39 Å². The van der Waals surface area contributed by atoms with Gasteiger partial charge >= 0.3 is 19.4 Å². The highest BCUT2D eigenvalue weighted by atomic mass is 31.2. The molecule has 2 heterocycles. The first-order chi connectivity index (χ1) is 19.0. The normalized spacial score (nSPS) is 22.0. The number of para-hydroxylation sites is 1. The third-order valence-electron chi connectivity index (χ3n) is 6.48. The van der Waals surface area contributed by atoms with Gasteiger partial charge in [-0.15, -0.1) is 0 Å². The number of halogens is 1. The number of esters is 1. The van der Waals surface area contributed by atoms with Crippen molar-refractivity contribution in [2.75, 3.05) is 13.2 Å². The Balaban J connectivity index is 1.80. The number of nitrogens with one attached hydrogen (secondary N) is 2. The fourth-order valence-corrected chi connectivity index (χ4v) is 5.75. The molecule has 1 fully saturated rings. The lowest BCUT2D eigenvalue weighted by Gasteiger charge is -2.29. The summed E-state index contributed by atoms with van der Waals surface area (Å²) in [6.45, 7) is 4.71. The SMILES string of the molecule is CCC(CC)COC(=O)[C@H](C)N[P@](=O)(Oc1ccccc1)O[C@H](CO)[C@H]1O[C@@H](n2cc(F)c(=O)[nH]c2=O)CC1O. The second kappa shape index (κ2) is 14.2. The molecular formula is C25H35FN3O10P. The van der Waals surface area contributed by atoms with Gasteiger partial charge in [0.1, 0.15) is 30.2 Å². The predicted molar refractivity (Wildman–Crippen MR) is 140 cm³/mol. The molecule has 6 atom stereocenters. The number of aromatic nitrogens is 2. The summed E-state index contributed by atoms with van der Waals surface area (Å²) >= 11 is 0. The number of H-pyrrole nitrogens is 1. The molecule has 40 heavy (non-hydrogen) atoms. The van der Waals surface area contributed by atoms with Crippen LogP contribution in [-0.2, 0) is 23.4 Å². The quantitative estimate of drug-likeness (QED) is 0.187. The highest BCUT2D eigenvalue weighted by Gasteiger charge is 2.45. The van der Waals surface area contributed by atoms with Gasteiger partial charge in [0.2, 0.25) is 5.82 Å². The minimum atomic E-state index is -4.46. The number of ether oxygens (including phenoxy) is 2. The van der Waals surface area contributed by atoms with E-state index < -0.39 is 68.0 Å². The minimum Gasteiger partial charge on any atom is -0.464 e. The van der Waals surface area contributed by atoms with E-state index in [4.69, 9.17) is 18.5 Å². The molecule has 0 amide bonds. The van der Waals surface area contributed by atoms with Gasteiger partial charge in [0.05, 0.1) is 25.5 Å². The second-order valence-electron chi connectivity index (χ2n) is 9.39. The minimum absolute atomic E-state index is 0.119. The van der Waals surface area contributed by atoms with Crippen LogP contribution in [0.25, 0.3) is 0 Å². The lowest BCUT2D eigenvalue weighted by atomic mass is 10.1. The highest BCUT2D eigenvalue weighted by molar-refractivity contribution is 7.52. The molecule has 4 N–H and O–H groups in total. The Morgan fingerprint density at radius 1 is 1.27 bits per heavy atom. The largest absolute Gasteiger partial charge is 0.464 e. The first-order valence-corrected chi connectivity index (χ1v) is 14.5. The molecule has 0 spiro atoms. The average molecular weight is 588 g/mol. The average Bonchev–Trinajstić information content (AvgIpc) is 3.31. The molecular weight excluding hydrogens is 552 g/mol. The van der Waals surface area contributed by atoms with Crippen molar-refractivity contribution in [1.82, 2.24) is 14.6 Å². The number of benzene rings is 1. The molecule has 13 nitrogen and oxygen atoms in total. The molecule has 1 aliphatic heterocycles. The Kier molecular flexibility index (Phi) is 11.2. The molecule has 3 rings (SSSR count). The number of aliphatic hydroxyl groups excluding tert-OH is 2. The number of rotatable bonds is 14. The molecule has 1 aliphatic rings. The van der Waals surface area contributed by atoms with Gasteiger partial charge in [-0.1, -0.05) is 44.9 Å². The third kappa shape index (κ3) is 8.09. The summed E-state index contributed by atoms with van der Waals surface area (Å²) in [5.74, 6) is -1.67. The molecule has 1 unspecified atom stereocenters. The molecule has 222 valence electrons. The lowest BCUT2D eigenvalue weighted by Crippen LogP contribution is -2.42. The van der Waals surface area contributed by atoms with E-state index in [0.717, 1.165) is 17.4 Å². The van der Waals surface area contributed by atoms with Crippen molar-refractivity contribution in [3.05, 3.63) is 63.2 Å². The number of carbonyl (C=O) groups is 1. The number of aliphatic hydroxyl groups is 2. The van der Waals surface area contributed by atoms with E-state index in [1.54, 1.807) is 23.2 Å². The van der Waals surface area contributed by atoms with Crippen molar-refractivity contribution < 1.29 is 42.5 Å². The van der Waals surface area contributed by atoms with Gasteiger partial charge in [0.25, 0.3) is 5.56 Å². The van der Waals surface area contributed by atoms with Crippen molar-refractivity contribution in [2.24, 2.45) is 5.92 Å². The first-order valence-electron chi connectivity index (χ1n) is 12.9. The van der Waals surface area contributed by atoms with Gasteiger partial charge < -0.3 is 24.2 Å². The maximum atomic E-state index is 13.9. The van der Waals surface area contributed by atoms with Crippen LogP contribution in [0.15, 0.2) is 46.1 Å². The standard InChI is InChI=1S/C25H35FN3O10P/c1-4-16(5-2)14-36-24(33)15(3)28-40(35,38-17-9-7-6-8-10-17)39-20(13-30)22-19(31)11-21(37-22)29-12-18(26)23(32)27-25(29)34/h6-10,12,15-16,19-22,30-31H,4-5,11,13-14H2,1-3H3,(H,28,35)(H,27,32,34)/t15-,19?,20+,21+,22-,40-/m0/s1. The monoisotopic (exact) mass is 587 g/mol. The predicted octanol–water partition coefficient (Wildman–Crippen LogP) is 1.85. The van der Waals surface area contributed by atoms with Gasteiger partial charge in [-0.05, 0) is 25.0 Å². The Hall–Kier alpha value is -2.87. The molecule has 1 aromatic carbocycles. The van der Waals surface area contributed by atoms with Gasteiger partial charge in [-0.2, -0.15) is 9.48 Å². The summed E-state index contributed by atoms with van der Waals surface area (Å²) in [4.78, 5) is 38.0. The van der Waals surface area contributed by atoms with Crippen LogP contribution in [0.3, 0.4) is 0 Å².